The van der Waals surface area contributed by atoms with Gasteiger partial charge in [0.1, 0.15) is 0 Å². The number of thiophene rings is 6. The van der Waals surface area contributed by atoms with Crippen LogP contribution in [0.15, 0.2) is 182 Å². The molecule has 0 radical (unpaired) electrons. The van der Waals surface area contributed by atoms with E-state index >= 15 is 0 Å². The molecule has 30 bridgehead atoms. The fourth-order valence-corrected chi connectivity index (χ4v) is 19.3. The summed E-state index contributed by atoms with van der Waals surface area (Å²) >= 11 is 11.8. The number of aryl methyl sites for hydroxylation is 12. The van der Waals surface area contributed by atoms with Gasteiger partial charge in [-0.1, -0.05) is 109 Å². The van der Waals surface area contributed by atoms with Gasteiger partial charge in [0, 0.05) is 58.5 Å². The first kappa shape index (κ1) is 47.5. The fourth-order valence-electron chi connectivity index (χ4n) is 12.7. The Balaban J connectivity index is 0.783. The van der Waals surface area contributed by atoms with Crippen molar-refractivity contribution in [2.75, 3.05) is 0 Å². The van der Waals surface area contributed by atoms with Crippen LogP contribution in [0, 0.1) is 0 Å². The van der Waals surface area contributed by atoms with Crippen molar-refractivity contribution in [3.63, 3.8) is 0 Å². The van der Waals surface area contributed by atoms with E-state index in [0.29, 0.717) is 0 Å². The summed E-state index contributed by atoms with van der Waals surface area (Å²) in [5.74, 6) is 0. The van der Waals surface area contributed by atoms with Crippen molar-refractivity contribution in [3.05, 3.63) is 249 Å². The highest BCUT2D eigenvalue weighted by Gasteiger charge is 2.22. The molecular weight excluding hydrogens is 1060 g/mol. The summed E-state index contributed by atoms with van der Waals surface area (Å²) < 4.78 is 0. The highest BCUT2D eigenvalue weighted by molar-refractivity contribution is 7.26. The van der Waals surface area contributed by atoms with Gasteiger partial charge in [-0.15, -0.1) is 68.0 Å². The van der Waals surface area contributed by atoms with E-state index in [1.165, 1.54) is 159 Å². The van der Waals surface area contributed by atoms with Crippen molar-refractivity contribution in [1.82, 2.24) is 0 Å². The average Bonchev–Trinajstić information content (AvgIpc) is 4.46. The molecule has 0 N–H and O–H groups in total. The molecule has 0 unspecified atom stereocenters. The molecule has 0 nitrogen and oxygen atoms in total. The van der Waals surface area contributed by atoms with Crippen LogP contribution in [0.4, 0.5) is 0 Å². The lowest BCUT2D eigenvalue weighted by atomic mass is 9.90. The summed E-state index contributed by atoms with van der Waals surface area (Å²) in [6, 6.07) is 72.8. The van der Waals surface area contributed by atoms with Gasteiger partial charge in [0.2, 0.25) is 0 Å². The summed E-state index contributed by atoms with van der Waals surface area (Å²) in [6.07, 6.45) is 12.2. The molecule has 0 saturated heterocycles. The molecule has 4 aliphatic heterocycles. The molecule has 0 spiro atoms. The predicted octanol–water partition coefficient (Wildman–Crippen LogP) is 21.0. The molecular formula is C72H54S6. The Hall–Kier alpha value is -6.48. The first-order valence-electron chi connectivity index (χ1n) is 27.8. The van der Waals surface area contributed by atoms with E-state index in [0.717, 1.165) is 77.0 Å². The Labute approximate surface area is 481 Å². The number of benzene rings is 6. The molecule has 12 aromatic rings. The van der Waals surface area contributed by atoms with Crippen molar-refractivity contribution in [1.29, 1.82) is 0 Å². The summed E-state index contributed by atoms with van der Waals surface area (Å²) in [4.78, 5) is 16.4. The van der Waals surface area contributed by atoms with Crippen LogP contribution in [0.5, 0.6) is 0 Å². The second-order valence-corrected chi connectivity index (χ2v) is 28.4. The van der Waals surface area contributed by atoms with E-state index < -0.39 is 0 Å². The predicted molar refractivity (Wildman–Crippen MR) is 340 cm³/mol. The van der Waals surface area contributed by atoms with Gasteiger partial charge in [0.25, 0.3) is 0 Å². The summed E-state index contributed by atoms with van der Waals surface area (Å²) in [6.45, 7) is 0. The van der Waals surface area contributed by atoms with Crippen molar-refractivity contribution in [2.24, 2.45) is 0 Å². The third-order valence-electron chi connectivity index (χ3n) is 17.1. The smallest absolute Gasteiger partial charge is 0.0449 e. The lowest BCUT2D eigenvalue weighted by Gasteiger charge is -2.16. The summed E-state index contributed by atoms with van der Waals surface area (Å²) in [5, 5.41) is 0. The Morgan fingerprint density at radius 3 is 0.474 bits per heavy atom. The number of hydrogen-bond acceptors (Lipinski definition) is 6. The molecule has 0 fully saturated rings. The van der Waals surface area contributed by atoms with Gasteiger partial charge in [-0.05, 0) is 250 Å². The molecule has 0 amide bonds. The van der Waals surface area contributed by atoms with Crippen LogP contribution in [-0.2, 0) is 77.0 Å². The first-order chi connectivity index (χ1) is 38.5. The molecule has 378 valence electrons. The van der Waals surface area contributed by atoms with Crippen molar-refractivity contribution >= 4 is 68.0 Å². The minimum atomic E-state index is 1.02. The number of hydrogen-bond donors (Lipinski definition) is 0. The van der Waals surface area contributed by atoms with E-state index in [1.807, 2.05) is 68.0 Å². The molecule has 12 aliphatic carbocycles. The SMILES string of the molecule is c1cc2c3cc1CCc1ccc(cc1-c1ccc(s1)-c1ccc(s1)-c1cc4ccc1CCc1ccc(c(c1)-c1ccc(s1)-c1ccc(s1)-c1cc5ccc1CCc1ccc(c(c1)-c1ccc(s1)-c1ccc-3s1)CC5)CC4)CC2. The zero-order chi connectivity index (χ0) is 51.3. The Morgan fingerprint density at radius 1 is 0.154 bits per heavy atom. The Bertz CT molecular complexity index is 3590. The monoisotopic (exact) mass is 1110 g/mol. The lowest BCUT2D eigenvalue weighted by molar-refractivity contribution is 0.926. The zero-order valence-electron chi connectivity index (χ0n) is 43.3. The van der Waals surface area contributed by atoms with Gasteiger partial charge in [0.05, 0.1) is 0 Å². The van der Waals surface area contributed by atoms with E-state index in [9.17, 15) is 0 Å². The first-order valence-corrected chi connectivity index (χ1v) is 32.7. The van der Waals surface area contributed by atoms with E-state index in [2.05, 4.69) is 182 Å². The topological polar surface area (TPSA) is 0 Å². The van der Waals surface area contributed by atoms with Crippen molar-refractivity contribution < 1.29 is 0 Å². The van der Waals surface area contributed by atoms with Crippen LogP contribution in [0.25, 0.3) is 91.9 Å². The molecule has 6 aromatic heterocycles. The van der Waals surface area contributed by atoms with E-state index in [-0.39, 0.29) is 0 Å². The third kappa shape index (κ3) is 8.90. The standard InChI is InChI=1S/C72H54S6/c1-13-49-20-8-44-2-14-50-19-7-43(1)37-55(49)61-25-31-67(73-61)68-33-27-63(75-68)57-39-45-3-15-51(57)21-9-46-5-17-53(22-10-45)59(41-46)65-29-35-71(77-65)72-36-30-66(78-72)60-42-48-6-18-54(60)24-12-47-4-16-52(23-11-48)58(40-47)64-28-34-70(76-64)69-32-26-62(74-69)56(50)38-44/h1-6,13-18,25-42H,7-12,19-24H2. The van der Waals surface area contributed by atoms with Crippen molar-refractivity contribution in [3.8, 4) is 91.9 Å². The summed E-state index contributed by atoms with van der Waals surface area (Å²) in [7, 11) is 0. The normalized spacial score (nSPS) is 14.3. The minimum absolute atomic E-state index is 1.02. The highest BCUT2D eigenvalue weighted by Crippen LogP contribution is 2.47. The average molecular weight is 1110 g/mol. The van der Waals surface area contributed by atoms with Gasteiger partial charge in [-0.2, -0.15) is 0 Å². The zero-order valence-corrected chi connectivity index (χ0v) is 48.2. The lowest BCUT2D eigenvalue weighted by Crippen LogP contribution is -2.01. The molecule has 78 heavy (non-hydrogen) atoms. The van der Waals surface area contributed by atoms with Gasteiger partial charge in [-0.3, -0.25) is 0 Å². The van der Waals surface area contributed by atoms with Crippen LogP contribution < -0.4 is 0 Å². The van der Waals surface area contributed by atoms with Gasteiger partial charge >= 0.3 is 0 Å². The van der Waals surface area contributed by atoms with Crippen LogP contribution >= 0.6 is 68.0 Å². The Kier molecular flexibility index (Phi) is 12.0. The molecule has 0 saturated carbocycles. The largest absolute Gasteiger partial charge is 0.134 e. The molecule has 0 atom stereocenters. The van der Waals surface area contributed by atoms with Crippen LogP contribution in [0.2, 0.25) is 0 Å². The quantitative estimate of drug-likeness (QED) is 0.142. The maximum absolute atomic E-state index is 2.52. The maximum Gasteiger partial charge on any atom is 0.0449 e. The molecule has 6 aromatic carbocycles. The van der Waals surface area contributed by atoms with Crippen molar-refractivity contribution in [2.45, 2.75) is 77.0 Å². The summed E-state index contributed by atoms with van der Waals surface area (Å²) in [5.41, 5.74) is 25.7. The maximum atomic E-state index is 2.52. The van der Waals surface area contributed by atoms with Gasteiger partial charge in [0.15, 0.2) is 0 Å². The van der Waals surface area contributed by atoms with Crippen LogP contribution in [-0.4, -0.2) is 0 Å². The highest BCUT2D eigenvalue weighted by atomic mass is 32.1. The van der Waals surface area contributed by atoms with Gasteiger partial charge in [-0.25, -0.2) is 0 Å². The van der Waals surface area contributed by atoms with Gasteiger partial charge < -0.3 is 0 Å². The molecule has 10 heterocycles. The second-order valence-electron chi connectivity index (χ2n) is 21.9. The molecule has 28 rings (SSSR count). The molecule has 6 heteroatoms. The van der Waals surface area contributed by atoms with Crippen LogP contribution in [0.3, 0.4) is 0 Å². The fraction of sp³-hybridized carbons (Fsp3) is 0.167. The third-order valence-corrected chi connectivity index (χ3v) is 24.4. The Morgan fingerprint density at radius 2 is 0.308 bits per heavy atom. The minimum Gasteiger partial charge on any atom is -0.134 e. The second kappa shape index (κ2) is 19.7. The molecule has 16 aliphatic rings. The number of rotatable bonds is 0. The van der Waals surface area contributed by atoms with E-state index in [1.54, 1.807) is 0 Å². The van der Waals surface area contributed by atoms with E-state index in [4.69, 9.17) is 0 Å². The van der Waals surface area contributed by atoms with Crippen LogP contribution in [0.1, 0.15) is 66.8 Å².